The van der Waals surface area contributed by atoms with Crippen molar-refractivity contribution in [3.8, 4) is 11.3 Å². The molecule has 0 atom stereocenters. The number of rotatable bonds is 1. The highest BCUT2D eigenvalue weighted by Gasteiger charge is 2.00. The SMILES string of the molecule is Cc1cccc(-c2cnnc(N)n2)c1. The molecule has 70 valence electrons. The second-order valence-corrected chi connectivity index (χ2v) is 3.07. The Kier molecular flexibility index (Phi) is 2.10. The van der Waals surface area contributed by atoms with E-state index in [0.717, 1.165) is 11.3 Å². The smallest absolute Gasteiger partial charge is 0.240 e. The molecule has 0 fully saturated rings. The molecule has 0 radical (unpaired) electrons. The van der Waals surface area contributed by atoms with Gasteiger partial charge in [-0.3, -0.25) is 0 Å². The Morgan fingerprint density at radius 2 is 2.14 bits per heavy atom. The second kappa shape index (κ2) is 3.41. The molecule has 0 spiro atoms. The molecular formula is C10H10N4. The van der Waals surface area contributed by atoms with Crippen LogP contribution in [0.4, 0.5) is 5.95 Å². The molecule has 0 bridgehead atoms. The zero-order chi connectivity index (χ0) is 9.97. The summed E-state index contributed by atoms with van der Waals surface area (Å²) in [5, 5.41) is 7.36. The Balaban J connectivity index is 2.49. The van der Waals surface area contributed by atoms with Crippen LogP contribution in [0.15, 0.2) is 30.5 Å². The van der Waals surface area contributed by atoms with Gasteiger partial charge in [0.2, 0.25) is 5.95 Å². The number of hydrogen-bond donors (Lipinski definition) is 1. The standard InChI is InChI=1S/C10H10N4/c1-7-3-2-4-8(5-7)9-6-12-14-10(11)13-9/h2-6H,1H3,(H2,11,13,14). The Labute approximate surface area is 81.8 Å². The summed E-state index contributed by atoms with van der Waals surface area (Å²) in [7, 11) is 0. The molecule has 2 N–H and O–H groups in total. The minimum atomic E-state index is 0.198. The van der Waals surface area contributed by atoms with Crippen LogP contribution in [-0.2, 0) is 0 Å². The van der Waals surface area contributed by atoms with Crippen LogP contribution in [0.5, 0.6) is 0 Å². The minimum Gasteiger partial charge on any atom is -0.366 e. The van der Waals surface area contributed by atoms with E-state index in [1.807, 2.05) is 31.2 Å². The molecule has 1 aromatic heterocycles. The van der Waals surface area contributed by atoms with Crippen molar-refractivity contribution in [3.63, 3.8) is 0 Å². The number of anilines is 1. The lowest BCUT2D eigenvalue weighted by Crippen LogP contribution is -1.97. The van der Waals surface area contributed by atoms with Crippen LogP contribution in [0, 0.1) is 6.92 Å². The molecule has 2 rings (SSSR count). The number of aryl methyl sites for hydroxylation is 1. The van der Waals surface area contributed by atoms with Crippen LogP contribution in [0.3, 0.4) is 0 Å². The lowest BCUT2D eigenvalue weighted by Gasteiger charge is -2.00. The Bertz CT molecular complexity index is 410. The van der Waals surface area contributed by atoms with Crippen molar-refractivity contribution >= 4 is 5.95 Å². The topological polar surface area (TPSA) is 64.7 Å². The summed E-state index contributed by atoms with van der Waals surface area (Å²) in [4.78, 5) is 4.09. The zero-order valence-corrected chi connectivity index (χ0v) is 7.81. The number of aromatic nitrogens is 3. The monoisotopic (exact) mass is 186 g/mol. The normalized spacial score (nSPS) is 10.1. The maximum Gasteiger partial charge on any atom is 0.240 e. The van der Waals surface area contributed by atoms with Gasteiger partial charge in [-0.15, -0.1) is 5.10 Å². The molecule has 0 amide bonds. The molecule has 1 heterocycles. The van der Waals surface area contributed by atoms with Crippen molar-refractivity contribution < 1.29 is 0 Å². The highest BCUT2D eigenvalue weighted by atomic mass is 15.2. The molecule has 4 nitrogen and oxygen atoms in total. The summed E-state index contributed by atoms with van der Waals surface area (Å²) in [6.07, 6.45) is 1.60. The molecule has 0 saturated heterocycles. The fourth-order valence-electron chi connectivity index (χ4n) is 1.26. The quantitative estimate of drug-likeness (QED) is 0.731. The average Bonchev–Trinajstić information content (AvgIpc) is 2.18. The number of nitrogen functional groups attached to an aromatic ring is 1. The largest absolute Gasteiger partial charge is 0.366 e. The van der Waals surface area contributed by atoms with Gasteiger partial charge in [0.1, 0.15) is 0 Å². The van der Waals surface area contributed by atoms with Crippen molar-refractivity contribution in [1.29, 1.82) is 0 Å². The molecule has 0 aliphatic rings. The van der Waals surface area contributed by atoms with E-state index in [1.54, 1.807) is 6.20 Å². The van der Waals surface area contributed by atoms with Crippen molar-refractivity contribution in [2.24, 2.45) is 0 Å². The van der Waals surface area contributed by atoms with Crippen LogP contribution < -0.4 is 5.73 Å². The van der Waals surface area contributed by atoms with E-state index < -0.39 is 0 Å². The van der Waals surface area contributed by atoms with Crippen molar-refractivity contribution in [3.05, 3.63) is 36.0 Å². The van der Waals surface area contributed by atoms with Gasteiger partial charge < -0.3 is 5.73 Å². The molecular weight excluding hydrogens is 176 g/mol. The third-order valence-corrected chi connectivity index (χ3v) is 1.89. The number of hydrogen-bond acceptors (Lipinski definition) is 4. The van der Waals surface area contributed by atoms with E-state index >= 15 is 0 Å². The van der Waals surface area contributed by atoms with Gasteiger partial charge in [0.25, 0.3) is 0 Å². The lowest BCUT2D eigenvalue weighted by atomic mass is 10.1. The van der Waals surface area contributed by atoms with Crippen molar-refractivity contribution in [1.82, 2.24) is 15.2 Å². The van der Waals surface area contributed by atoms with E-state index in [-0.39, 0.29) is 5.95 Å². The van der Waals surface area contributed by atoms with Crippen molar-refractivity contribution in [2.75, 3.05) is 5.73 Å². The summed E-state index contributed by atoms with van der Waals surface area (Å²) in [5.74, 6) is 0.198. The fourth-order valence-corrected chi connectivity index (χ4v) is 1.26. The van der Waals surface area contributed by atoms with Gasteiger partial charge in [-0.25, -0.2) is 4.98 Å². The molecule has 2 aromatic rings. The van der Waals surface area contributed by atoms with Crippen LogP contribution in [0.2, 0.25) is 0 Å². The molecule has 4 heteroatoms. The van der Waals surface area contributed by atoms with E-state index in [1.165, 1.54) is 5.56 Å². The first-order valence-electron chi connectivity index (χ1n) is 4.28. The maximum absolute atomic E-state index is 5.45. The predicted molar refractivity (Wildman–Crippen MR) is 54.4 cm³/mol. The van der Waals surface area contributed by atoms with Crippen LogP contribution in [0.1, 0.15) is 5.56 Å². The van der Waals surface area contributed by atoms with Crippen molar-refractivity contribution in [2.45, 2.75) is 6.92 Å². The molecule has 1 aromatic carbocycles. The van der Waals surface area contributed by atoms with Crippen LogP contribution in [0.25, 0.3) is 11.3 Å². The first-order valence-corrected chi connectivity index (χ1v) is 4.28. The summed E-state index contributed by atoms with van der Waals surface area (Å²) >= 11 is 0. The number of nitrogens with zero attached hydrogens (tertiary/aromatic N) is 3. The average molecular weight is 186 g/mol. The minimum absolute atomic E-state index is 0.198. The Morgan fingerprint density at radius 1 is 1.29 bits per heavy atom. The fraction of sp³-hybridized carbons (Fsp3) is 0.100. The first kappa shape index (κ1) is 8.62. The molecule has 0 aliphatic carbocycles. The van der Waals surface area contributed by atoms with E-state index in [2.05, 4.69) is 15.2 Å². The highest BCUT2D eigenvalue weighted by molar-refractivity contribution is 5.59. The van der Waals surface area contributed by atoms with Gasteiger partial charge in [-0.1, -0.05) is 23.8 Å². The van der Waals surface area contributed by atoms with Gasteiger partial charge in [0.05, 0.1) is 11.9 Å². The summed E-state index contributed by atoms with van der Waals surface area (Å²) in [6.45, 7) is 2.03. The number of benzene rings is 1. The van der Waals surface area contributed by atoms with Gasteiger partial charge >= 0.3 is 0 Å². The van der Waals surface area contributed by atoms with Gasteiger partial charge in [0, 0.05) is 5.56 Å². The third-order valence-electron chi connectivity index (χ3n) is 1.89. The second-order valence-electron chi connectivity index (χ2n) is 3.07. The van der Waals surface area contributed by atoms with Gasteiger partial charge in [0.15, 0.2) is 0 Å². The van der Waals surface area contributed by atoms with E-state index in [9.17, 15) is 0 Å². The zero-order valence-electron chi connectivity index (χ0n) is 7.81. The predicted octanol–water partition coefficient (Wildman–Crippen LogP) is 1.43. The molecule has 0 saturated carbocycles. The lowest BCUT2D eigenvalue weighted by molar-refractivity contribution is 0.990. The summed E-state index contributed by atoms with van der Waals surface area (Å²) < 4.78 is 0. The maximum atomic E-state index is 5.45. The molecule has 14 heavy (non-hydrogen) atoms. The van der Waals surface area contributed by atoms with Gasteiger partial charge in [-0.2, -0.15) is 5.10 Å². The van der Waals surface area contributed by atoms with E-state index in [4.69, 9.17) is 5.73 Å². The van der Waals surface area contributed by atoms with Gasteiger partial charge in [-0.05, 0) is 13.0 Å². The third kappa shape index (κ3) is 1.69. The van der Waals surface area contributed by atoms with E-state index in [0.29, 0.717) is 0 Å². The van der Waals surface area contributed by atoms with Crippen LogP contribution in [-0.4, -0.2) is 15.2 Å². The van der Waals surface area contributed by atoms with Crippen LogP contribution >= 0.6 is 0 Å². The highest BCUT2D eigenvalue weighted by Crippen LogP contribution is 2.16. The first-order chi connectivity index (χ1) is 6.75. The summed E-state index contributed by atoms with van der Waals surface area (Å²) in [5.41, 5.74) is 8.39. The molecule has 0 aliphatic heterocycles. The molecule has 0 unspecified atom stereocenters. The Hall–Kier alpha value is -1.97. The summed E-state index contributed by atoms with van der Waals surface area (Å²) in [6, 6.07) is 8.00. The number of nitrogens with two attached hydrogens (primary N) is 1. The Morgan fingerprint density at radius 3 is 2.86 bits per heavy atom.